The van der Waals surface area contributed by atoms with Crippen LogP contribution in [-0.2, 0) is 59.7 Å². The molecule has 0 unspecified atom stereocenters. The number of nitro groups is 1. The van der Waals surface area contributed by atoms with Crippen molar-refractivity contribution in [2.45, 2.75) is 78.6 Å². The maximum absolute atomic E-state index is 12.6. The molecule has 0 aliphatic heterocycles. The van der Waals surface area contributed by atoms with Gasteiger partial charge in [0.05, 0.1) is 32.5 Å². The zero-order valence-corrected chi connectivity index (χ0v) is 53.5. The Morgan fingerprint density at radius 2 is 0.811 bits per heavy atom. The first-order chi connectivity index (χ1) is 45.4. The van der Waals surface area contributed by atoms with Gasteiger partial charge >= 0.3 is 17.9 Å². The van der Waals surface area contributed by atoms with E-state index in [1.807, 2.05) is 18.2 Å². The summed E-state index contributed by atoms with van der Waals surface area (Å²) in [7, 11) is 5.25. The van der Waals surface area contributed by atoms with Gasteiger partial charge in [0.25, 0.3) is 5.69 Å². The summed E-state index contributed by atoms with van der Waals surface area (Å²) in [6, 6.07) is 30.3. The number of Topliss-reactive ketones (excluding diaryl/α,β-unsaturated/α-hetero) is 3. The lowest BCUT2D eigenvalue weighted by Crippen LogP contribution is -2.09. The molecule has 6 N–H and O–H groups in total. The number of hydrogen-bond donors (Lipinski definition) is 6. The number of carbonyl (C=O) groups is 6. The van der Waals surface area contributed by atoms with Gasteiger partial charge in [0, 0.05) is 55.0 Å². The number of carboxylic acids is 3. The molecule has 5 aromatic carbocycles. The molecule has 9 aromatic rings. The summed E-state index contributed by atoms with van der Waals surface area (Å²) in [4.78, 5) is 93.9. The molecule has 24 nitrogen and oxygen atoms in total. The molecule has 0 saturated heterocycles. The minimum Gasteiger partial charge on any atom is -0.504 e. The van der Waals surface area contributed by atoms with E-state index in [4.69, 9.17) is 15.3 Å². The van der Waals surface area contributed by atoms with Crippen LogP contribution < -0.4 is 0 Å². The Morgan fingerprint density at radius 1 is 0.453 bits per heavy atom. The molecule has 4 heterocycles. The number of aryl methyl sites for hydroxylation is 9. The lowest BCUT2D eigenvalue weighted by atomic mass is 10.0. The molecular weight excluding hydrogens is 1240 g/mol. The summed E-state index contributed by atoms with van der Waals surface area (Å²) < 4.78 is 4.82. The fourth-order valence-corrected chi connectivity index (χ4v) is 12.7. The average molecular weight is 1300 g/mol. The minimum absolute atomic E-state index is 0.0303. The fourth-order valence-electron chi connectivity index (χ4n) is 11.9. The van der Waals surface area contributed by atoms with Crippen molar-refractivity contribution < 1.29 is 64.3 Å². The van der Waals surface area contributed by atoms with E-state index >= 15 is 0 Å². The second-order valence-electron chi connectivity index (χ2n) is 23.1. The third-order valence-electron chi connectivity index (χ3n) is 16.9. The Kier molecular flexibility index (Phi) is 19.8. The number of ketones is 3. The van der Waals surface area contributed by atoms with Gasteiger partial charge < -0.3 is 30.6 Å². The Bertz CT molecular complexity index is 4700. The Morgan fingerprint density at radius 3 is 1.18 bits per heavy atom. The number of rotatable bonds is 19. The van der Waals surface area contributed by atoms with Crippen molar-refractivity contribution in [3.05, 3.63) is 202 Å². The topological polar surface area (TPSA) is 357 Å². The number of carbonyl (C=O) groups excluding carboxylic acids is 3. The number of aliphatic imine (C=N–C) groups is 3. The molecule has 12 rings (SSSR count). The zero-order valence-electron chi connectivity index (χ0n) is 52.7. The number of fused-ring (bicyclic) bond motifs is 3. The molecule has 4 aromatic heterocycles. The van der Waals surface area contributed by atoms with Gasteiger partial charge in [-0.25, -0.2) is 14.4 Å². The van der Waals surface area contributed by atoms with Crippen LogP contribution in [0.3, 0.4) is 0 Å². The molecule has 25 heteroatoms. The van der Waals surface area contributed by atoms with Crippen molar-refractivity contribution in [1.82, 2.24) is 29.3 Å². The quantitative estimate of drug-likeness (QED) is 0.0190. The van der Waals surface area contributed by atoms with E-state index in [0.29, 0.717) is 56.0 Å². The normalized spacial score (nSPS) is 13.3. The molecule has 0 spiro atoms. The number of carboxylic acid groups (broad SMARTS) is 3. The van der Waals surface area contributed by atoms with Crippen molar-refractivity contribution in [3.63, 3.8) is 0 Å². The summed E-state index contributed by atoms with van der Waals surface area (Å²) in [5, 5.41) is 83.9. The number of thiophene rings is 1. The highest BCUT2D eigenvalue weighted by Gasteiger charge is 2.27. The summed E-state index contributed by atoms with van der Waals surface area (Å²) in [5.74, 6) is -4.58. The molecule has 0 saturated carbocycles. The second-order valence-corrected chi connectivity index (χ2v) is 24.2. The maximum atomic E-state index is 12.6. The summed E-state index contributed by atoms with van der Waals surface area (Å²) in [6.07, 6.45) is 9.76. The van der Waals surface area contributed by atoms with Crippen LogP contribution in [0.4, 0.5) is 5.69 Å². The molecular formula is C70H66N10O14S. The number of aromatic nitrogens is 6. The molecule has 0 fully saturated rings. The van der Waals surface area contributed by atoms with Crippen LogP contribution in [0, 0.1) is 10.1 Å². The molecule has 0 atom stereocenters. The summed E-state index contributed by atoms with van der Waals surface area (Å²) in [6.45, 7) is 4.39. The predicted molar refractivity (Wildman–Crippen MR) is 356 cm³/mol. The van der Waals surface area contributed by atoms with E-state index in [1.54, 1.807) is 56.0 Å². The maximum Gasteiger partial charge on any atom is 0.345 e. The Balaban J connectivity index is 0.000000156. The van der Waals surface area contributed by atoms with Crippen LogP contribution in [-0.4, -0.2) is 137 Å². The SMILES string of the molecule is CC(=NCC(=O)c1ccc(C(=O)O)c([N+](=O)[O-])c1)c1nn(C)c(-c2ccc3c(c2)CCC3)c1O.CC(=NCC(=O)c1ccc(C(=O)O)cc1)c1nn(C)c(-c2ccc3c(c2)CCC3)c1O.CC(=NCC(=O)c1ccc(C(=O)O)s1)c1nn(C)c(-c2ccc3c(c2)CCC3)c1O. The summed E-state index contributed by atoms with van der Waals surface area (Å²) in [5.41, 5.74) is 13.8. The number of nitrogens with zero attached hydrogens (tertiary/aromatic N) is 10. The Hall–Kier alpha value is -11.3. The lowest BCUT2D eigenvalue weighted by Gasteiger charge is -2.06. The highest BCUT2D eigenvalue weighted by molar-refractivity contribution is 7.15. The molecule has 0 radical (unpaired) electrons. The van der Waals surface area contributed by atoms with Gasteiger partial charge in [-0.3, -0.25) is 53.5 Å². The molecule has 95 heavy (non-hydrogen) atoms. The highest BCUT2D eigenvalue weighted by atomic mass is 32.1. The Labute approximate surface area is 547 Å². The van der Waals surface area contributed by atoms with Crippen LogP contribution in [0.1, 0.15) is 151 Å². The molecule has 3 aliphatic rings. The van der Waals surface area contributed by atoms with E-state index in [2.05, 4.69) is 66.7 Å². The first-order valence-corrected chi connectivity index (χ1v) is 31.1. The number of aromatic hydroxyl groups is 3. The van der Waals surface area contributed by atoms with Gasteiger partial charge in [0.2, 0.25) is 0 Å². The van der Waals surface area contributed by atoms with E-state index < -0.39 is 39.9 Å². The summed E-state index contributed by atoms with van der Waals surface area (Å²) >= 11 is 0.926. The largest absolute Gasteiger partial charge is 0.504 e. The minimum atomic E-state index is -1.45. The number of hydrogen-bond acceptors (Lipinski definition) is 18. The van der Waals surface area contributed by atoms with Gasteiger partial charge in [-0.2, -0.15) is 15.3 Å². The van der Waals surface area contributed by atoms with Gasteiger partial charge in [-0.05, 0) is 167 Å². The molecule has 486 valence electrons. The van der Waals surface area contributed by atoms with Crippen LogP contribution >= 0.6 is 11.3 Å². The average Bonchev–Trinajstić information content (AvgIpc) is 1.67. The van der Waals surface area contributed by atoms with E-state index in [9.17, 15) is 54.2 Å². The van der Waals surface area contributed by atoms with Crippen LogP contribution in [0.25, 0.3) is 33.8 Å². The van der Waals surface area contributed by atoms with E-state index in [1.165, 1.54) is 75.8 Å². The van der Waals surface area contributed by atoms with Crippen LogP contribution in [0.5, 0.6) is 17.2 Å². The lowest BCUT2D eigenvalue weighted by molar-refractivity contribution is -0.385. The second kappa shape index (κ2) is 28.3. The standard InChI is InChI=1S/C24H22N4O6.C24H23N3O4.C22H21N3O4S/c1-13(25-12-20(29)16-8-9-18(24(31)32)19(11-16)28(33)34)21-23(30)22(27(2)26-21)17-7-6-14-4-3-5-15(14)10-17;1-14(25-13-20(28)16-7-9-17(10-8-16)24(30)31)21-23(29)22(27(2)26-21)19-11-6-15-4-3-5-18(15)12-19;1-12(23-11-16(26)17-8-9-18(30-17)22(28)29)19-21(27)20(25(2)24-19)15-7-6-13-4-3-5-14(13)10-15/h6-11,30H,3-5,12H2,1-2H3,(H,31,32);6-12,29H,3-5,13H2,1-2H3,(H,30,31);6-10,27H,3-5,11H2,1-2H3,(H,28,29). The predicted octanol–water partition coefficient (Wildman–Crippen LogP) is 11.0. The van der Waals surface area contributed by atoms with Crippen molar-refractivity contribution in [2.24, 2.45) is 36.1 Å². The van der Waals surface area contributed by atoms with E-state index in [0.717, 1.165) is 97.9 Å². The monoisotopic (exact) mass is 1300 g/mol. The van der Waals surface area contributed by atoms with Crippen LogP contribution in [0.2, 0.25) is 0 Å². The number of aromatic carboxylic acids is 3. The van der Waals surface area contributed by atoms with Gasteiger partial charge in [-0.15, -0.1) is 11.3 Å². The number of nitro benzene ring substituents is 1. The van der Waals surface area contributed by atoms with Crippen molar-refractivity contribution >= 4 is 69.4 Å². The highest BCUT2D eigenvalue weighted by Crippen LogP contribution is 2.38. The smallest absolute Gasteiger partial charge is 0.345 e. The van der Waals surface area contributed by atoms with E-state index in [-0.39, 0.29) is 70.1 Å². The first kappa shape index (κ1) is 66.6. The third kappa shape index (κ3) is 14.5. The number of benzene rings is 5. The fraction of sp³-hybridized carbons (Fsp3) is 0.257. The third-order valence-corrected chi connectivity index (χ3v) is 18.0. The molecule has 0 amide bonds. The van der Waals surface area contributed by atoms with Gasteiger partial charge in [-0.1, -0.05) is 48.5 Å². The van der Waals surface area contributed by atoms with Crippen molar-refractivity contribution in [2.75, 3.05) is 19.6 Å². The molecule has 3 aliphatic carbocycles. The van der Waals surface area contributed by atoms with Crippen molar-refractivity contribution in [3.8, 4) is 51.0 Å². The van der Waals surface area contributed by atoms with Gasteiger partial charge in [0.1, 0.15) is 64.2 Å². The zero-order chi connectivity index (χ0) is 68.1. The van der Waals surface area contributed by atoms with Crippen molar-refractivity contribution in [1.29, 1.82) is 0 Å². The first-order valence-electron chi connectivity index (χ1n) is 30.3. The molecule has 0 bridgehead atoms. The van der Waals surface area contributed by atoms with Gasteiger partial charge in [0.15, 0.2) is 34.6 Å². The van der Waals surface area contributed by atoms with Crippen LogP contribution in [0.15, 0.2) is 124 Å².